The Morgan fingerprint density at radius 2 is 2.36 bits per heavy atom. The molecule has 14 heavy (non-hydrogen) atoms. The first-order valence-electron chi connectivity index (χ1n) is 4.18. The molecule has 2 N–H and O–H groups in total. The minimum absolute atomic E-state index is 0.0125. The number of methoxy groups -OCH3 is 1. The van der Waals surface area contributed by atoms with Crippen molar-refractivity contribution in [3.8, 4) is 11.6 Å². The van der Waals surface area contributed by atoms with E-state index in [0.717, 1.165) is 0 Å². The summed E-state index contributed by atoms with van der Waals surface area (Å²) in [6.07, 6.45) is 0.689. The van der Waals surface area contributed by atoms with Gasteiger partial charge in [-0.3, -0.25) is 0 Å². The van der Waals surface area contributed by atoms with Crippen molar-refractivity contribution < 1.29 is 19.7 Å². The molecule has 0 aromatic carbocycles. The zero-order chi connectivity index (χ0) is 10.4. The van der Waals surface area contributed by atoms with Gasteiger partial charge in [0.25, 0.3) is 5.88 Å². The molecule has 0 aliphatic rings. The van der Waals surface area contributed by atoms with Crippen molar-refractivity contribution in [3.63, 3.8) is 0 Å². The molecule has 78 valence electrons. The van der Waals surface area contributed by atoms with E-state index in [2.05, 4.69) is 4.98 Å². The Kier molecular flexibility index (Phi) is 4.15. The summed E-state index contributed by atoms with van der Waals surface area (Å²) in [7, 11) is 1.48. The lowest BCUT2D eigenvalue weighted by atomic mass is 10.4. The predicted molar refractivity (Wildman–Crippen MR) is 49.4 cm³/mol. The van der Waals surface area contributed by atoms with Crippen molar-refractivity contribution in [1.29, 1.82) is 0 Å². The van der Waals surface area contributed by atoms with Gasteiger partial charge in [-0.05, 0) is 12.1 Å². The van der Waals surface area contributed by atoms with Crippen LogP contribution in [0.5, 0.6) is 11.6 Å². The summed E-state index contributed by atoms with van der Waals surface area (Å²) in [5.74, 6) is 0.806. The summed E-state index contributed by atoms with van der Waals surface area (Å²) in [6, 6.07) is 3.37. The third-order valence-corrected chi connectivity index (χ3v) is 1.57. The largest absolute Gasteiger partial charge is 0.485 e. The van der Waals surface area contributed by atoms with Crippen LogP contribution in [0.15, 0.2) is 18.3 Å². The molecular formula is C9H13NO4. The van der Waals surface area contributed by atoms with Crippen LogP contribution in [0, 0.1) is 0 Å². The number of ether oxygens (including phenoxy) is 2. The van der Waals surface area contributed by atoms with Crippen LogP contribution in [0.25, 0.3) is 0 Å². The molecule has 5 heteroatoms. The quantitative estimate of drug-likeness (QED) is 0.688. The lowest BCUT2D eigenvalue weighted by molar-refractivity contribution is 0.0525. The molecular weight excluding hydrogens is 186 g/mol. The van der Waals surface area contributed by atoms with Crippen LogP contribution in [0.2, 0.25) is 0 Å². The van der Waals surface area contributed by atoms with Gasteiger partial charge in [-0.15, -0.1) is 0 Å². The third kappa shape index (κ3) is 2.86. The summed E-state index contributed by atoms with van der Waals surface area (Å²) in [6.45, 7) is -0.318. The number of aromatic nitrogens is 1. The van der Waals surface area contributed by atoms with Crippen molar-refractivity contribution in [1.82, 2.24) is 4.98 Å². The predicted octanol–water partition coefficient (Wildman–Crippen LogP) is -0.178. The molecule has 1 aromatic heterocycles. The fourth-order valence-corrected chi connectivity index (χ4v) is 0.878. The van der Waals surface area contributed by atoms with E-state index >= 15 is 0 Å². The molecule has 5 nitrogen and oxygen atoms in total. The highest BCUT2D eigenvalue weighted by Gasteiger charge is 2.07. The van der Waals surface area contributed by atoms with Crippen LogP contribution >= 0.6 is 0 Å². The standard InChI is InChI=1S/C9H13NO4/c1-13-9-8(3-2-4-10-9)14-6-7(12)5-11/h2-4,7,11-12H,5-6H2,1H3. The second kappa shape index (κ2) is 5.41. The SMILES string of the molecule is COc1ncccc1OCC(O)CO. The number of hydrogen-bond donors (Lipinski definition) is 2. The number of aliphatic hydroxyl groups is 2. The summed E-state index contributed by atoms with van der Waals surface area (Å²) in [4.78, 5) is 3.91. The molecule has 0 spiro atoms. The van der Waals surface area contributed by atoms with Gasteiger partial charge in [0.15, 0.2) is 5.75 Å². The summed E-state index contributed by atoms with van der Waals surface area (Å²) >= 11 is 0. The van der Waals surface area contributed by atoms with Crippen LogP contribution in [0.1, 0.15) is 0 Å². The Morgan fingerprint density at radius 1 is 1.57 bits per heavy atom. The first kappa shape index (κ1) is 10.7. The smallest absolute Gasteiger partial charge is 0.256 e. The Bertz CT molecular complexity index is 279. The normalized spacial score (nSPS) is 12.2. The maximum absolute atomic E-state index is 9.05. The topological polar surface area (TPSA) is 71.8 Å². The lowest BCUT2D eigenvalue weighted by Gasteiger charge is -2.11. The number of aliphatic hydroxyl groups excluding tert-OH is 2. The number of hydrogen-bond acceptors (Lipinski definition) is 5. The van der Waals surface area contributed by atoms with Gasteiger partial charge in [0.05, 0.1) is 13.7 Å². The second-order valence-corrected chi connectivity index (χ2v) is 2.66. The van der Waals surface area contributed by atoms with E-state index in [4.69, 9.17) is 19.7 Å². The van der Waals surface area contributed by atoms with Crippen molar-refractivity contribution >= 4 is 0 Å². The molecule has 0 radical (unpaired) electrons. The van der Waals surface area contributed by atoms with Crippen molar-refractivity contribution in [2.24, 2.45) is 0 Å². The maximum Gasteiger partial charge on any atom is 0.256 e. The summed E-state index contributed by atoms with van der Waals surface area (Å²) in [5.41, 5.74) is 0. The highest BCUT2D eigenvalue weighted by atomic mass is 16.5. The van der Waals surface area contributed by atoms with Gasteiger partial charge < -0.3 is 19.7 Å². The number of rotatable bonds is 5. The lowest BCUT2D eigenvalue weighted by Crippen LogP contribution is -2.21. The molecule has 1 aromatic rings. The van der Waals surface area contributed by atoms with E-state index in [-0.39, 0.29) is 13.2 Å². The zero-order valence-electron chi connectivity index (χ0n) is 7.88. The Morgan fingerprint density at radius 3 is 3.00 bits per heavy atom. The van der Waals surface area contributed by atoms with E-state index in [1.165, 1.54) is 7.11 Å². The van der Waals surface area contributed by atoms with Crippen LogP contribution in [0.4, 0.5) is 0 Å². The van der Waals surface area contributed by atoms with E-state index < -0.39 is 6.10 Å². The molecule has 1 unspecified atom stereocenters. The summed E-state index contributed by atoms with van der Waals surface area (Å²) < 4.78 is 10.1. The van der Waals surface area contributed by atoms with Crippen LogP contribution in [-0.4, -0.2) is 41.6 Å². The minimum Gasteiger partial charge on any atom is -0.485 e. The number of nitrogens with zero attached hydrogens (tertiary/aromatic N) is 1. The van der Waals surface area contributed by atoms with Gasteiger partial charge >= 0.3 is 0 Å². The molecule has 0 saturated carbocycles. The van der Waals surface area contributed by atoms with E-state index in [1.54, 1.807) is 18.3 Å². The molecule has 0 saturated heterocycles. The van der Waals surface area contributed by atoms with Gasteiger partial charge in [-0.2, -0.15) is 0 Å². The fourth-order valence-electron chi connectivity index (χ4n) is 0.878. The minimum atomic E-state index is -0.889. The van der Waals surface area contributed by atoms with Crippen molar-refractivity contribution in [3.05, 3.63) is 18.3 Å². The average molecular weight is 199 g/mol. The Hall–Kier alpha value is -1.33. The highest BCUT2D eigenvalue weighted by Crippen LogP contribution is 2.22. The second-order valence-electron chi connectivity index (χ2n) is 2.66. The van der Waals surface area contributed by atoms with Crippen LogP contribution in [-0.2, 0) is 0 Å². The van der Waals surface area contributed by atoms with Crippen LogP contribution < -0.4 is 9.47 Å². The molecule has 0 aliphatic carbocycles. The molecule has 0 amide bonds. The first-order chi connectivity index (χ1) is 6.77. The molecule has 1 rings (SSSR count). The van der Waals surface area contributed by atoms with Gasteiger partial charge in [-0.1, -0.05) is 0 Å². The average Bonchev–Trinajstić information content (AvgIpc) is 2.26. The van der Waals surface area contributed by atoms with E-state index in [1.807, 2.05) is 0 Å². The Labute approximate surface area is 81.9 Å². The molecule has 0 aliphatic heterocycles. The zero-order valence-corrected chi connectivity index (χ0v) is 7.88. The number of pyridine rings is 1. The molecule has 1 atom stereocenters. The third-order valence-electron chi connectivity index (χ3n) is 1.57. The molecule has 0 fully saturated rings. The maximum atomic E-state index is 9.05. The Balaban J connectivity index is 2.57. The molecule has 0 bridgehead atoms. The van der Waals surface area contributed by atoms with Crippen molar-refractivity contribution in [2.75, 3.05) is 20.3 Å². The van der Waals surface area contributed by atoms with Gasteiger partial charge in [0.2, 0.25) is 0 Å². The fraction of sp³-hybridized carbons (Fsp3) is 0.444. The van der Waals surface area contributed by atoms with Gasteiger partial charge in [-0.25, -0.2) is 4.98 Å². The van der Waals surface area contributed by atoms with Crippen molar-refractivity contribution in [2.45, 2.75) is 6.10 Å². The first-order valence-corrected chi connectivity index (χ1v) is 4.18. The highest BCUT2D eigenvalue weighted by molar-refractivity contribution is 5.32. The summed E-state index contributed by atoms with van der Waals surface area (Å²) in [5, 5.41) is 17.6. The van der Waals surface area contributed by atoms with Gasteiger partial charge in [0, 0.05) is 6.20 Å². The van der Waals surface area contributed by atoms with E-state index in [9.17, 15) is 0 Å². The van der Waals surface area contributed by atoms with Gasteiger partial charge in [0.1, 0.15) is 12.7 Å². The van der Waals surface area contributed by atoms with E-state index in [0.29, 0.717) is 11.6 Å². The monoisotopic (exact) mass is 199 g/mol. The van der Waals surface area contributed by atoms with Crippen LogP contribution in [0.3, 0.4) is 0 Å². The molecule has 1 heterocycles.